The molecule has 150 valence electrons. The fourth-order valence-electron chi connectivity index (χ4n) is 2.65. The molecule has 0 atom stereocenters. The number of benzene rings is 2. The largest absolute Gasteiger partial charge is 0.484 e. The van der Waals surface area contributed by atoms with E-state index in [2.05, 4.69) is 36.5 Å². The molecule has 30 heavy (non-hydrogen) atoms. The predicted octanol–water partition coefficient (Wildman–Crippen LogP) is 4.54. The number of para-hydroxylation sites is 1. The second-order valence-corrected chi connectivity index (χ2v) is 7.52. The van der Waals surface area contributed by atoms with Gasteiger partial charge in [-0.25, -0.2) is 4.98 Å². The maximum atomic E-state index is 12.0. The first kappa shape index (κ1) is 20.0. The second-order valence-electron chi connectivity index (χ2n) is 6.20. The molecule has 1 amide bonds. The van der Waals surface area contributed by atoms with E-state index in [0.29, 0.717) is 28.4 Å². The Morgan fingerprint density at radius 1 is 1.13 bits per heavy atom. The first-order chi connectivity index (χ1) is 14.6. The molecule has 0 saturated heterocycles. The monoisotopic (exact) mass is 482 g/mol. The van der Waals surface area contributed by atoms with Gasteiger partial charge in [0.25, 0.3) is 5.91 Å². The number of carbonyl (C=O) groups is 1. The highest BCUT2D eigenvalue weighted by atomic mass is 79.9. The van der Waals surface area contributed by atoms with E-state index in [1.54, 1.807) is 42.7 Å². The molecule has 0 unspecified atom stereocenters. The quantitative estimate of drug-likeness (QED) is 0.403. The zero-order chi connectivity index (χ0) is 20.9. The number of hydrogen-bond donors (Lipinski definition) is 2. The van der Waals surface area contributed by atoms with Gasteiger partial charge in [-0.15, -0.1) is 0 Å². The van der Waals surface area contributed by atoms with E-state index in [9.17, 15) is 4.79 Å². The van der Waals surface area contributed by atoms with Gasteiger partial charge in [-0.05, 0) is 64.5 Å². The van der Waals surface area contributed by atoms with Gasteiger partial charge in [-0.1, -0.05) is 18.2 Å². The van der Waals surface area contributed by atoms with Crippen molar-refractivity contribution in [1.29, 1.82) is 0 Å². The summed E-state index contributed by atoms with van der Waals surface area (Å²) in [5, 5.41) is 5.71. The van der Waals surface area contributed by atoms with Crippen molar-refractivity contribution in [2.75, 3.05) is 11.9 Å². The van der Waals surface area contributed by atoms with E-state index in [0.717, 1.165) is 10.0 Å². The molecule has 2 aromatic heterocycles. The maximum Gasteiger partial charge on any atom is 0.264 e. The van der Waals surface area contributed by atoms with Gasteiger partial charge in [0.2, 0.25) is 5.89 Å². The SMILES string of the molecule is O=C(COc1ccccc1)NC(=S)Nc1ccc2oc(-c3cncc(Br)c3)nc2c1. The summed E-state index contributed by atoms with van der Waals surface area (Å²) in [7, 11) is 0. The number of anilines is 1. The summed E-state index contributed by atoms with van der Waals surface area (Å²) in [6.45, 7) is -0.141. The van der Waals surface area contributed by atoms with Crippen LogP contribution in [0.15, 0.2) is 75.9 Å². The number of fused-ring (bicyclic) bond motifs is 1. The minimum Gasteiger partial charge on any atom is -0.484 e. The number of nitrogens with one attached hydrogen (secondary N) is 2. The summed E-state index contributed by atoms with van der Waals surface area (Å²) in [5.41, 5.74) is 2.71. The molecule has 0 fully saturated rings. The average Bonchev–Trinajstić information content (AvgIpc) is 3.16. The Morgan fingerprint density at radius 3 is 2.77 bits per heavy atom. The molecule has 2 N–H and O–H groups in total. The second kappa shape index (κ2) is 9.02. The van der Waals surface area contributed by atoms with Crippen molar-refractivity contribution in [2.24, 2.45) is 0 Å². The van der Waals surface area contributed by atoms with Crippen molar-refractivity contribution in [3.05, 3.63) is 71.5 Å². The Hall–Kier alpha value is -3.30. The van der Waals surface area contributed by atoms with Crippen molar-refractivity contribution >= 4 is 56.0 Å². The Labute approximate surface area is 185 Å². The molecule has 0 aliphatic heterocycles. The number of oxazole rings is 1. The highest BCUT2D eigenvalue weighted by molar-refractivity contribution is 9.10. The van der Waals surface area contributed by atoms with Crippen molar-refractivity contribution < 1.29 is 13.9 Å². The average molecular weight is 483 g/mol. The van der Waals surface area contributed by atoms with Gasteiger partial charge in [-0.3, -0.25) is 15.1 Å². The fraction of sp³-hybridized carbons (Fsp3) is 0.0476. The topological polar surface area (TPSA) is 89.3 Å². The van der Waals surface area contributed by atoms with Gasteiger partial charge >= 0.3 is 0 Å². The van der Waals surface area contributed by atoms with Crippen molar-refractivity contribution in [3.63, 3.8) is 0 Å². The van der Waals surface area contributed by atoms with Gasteiger partial charge in [-0.2, -0.15) is 0 Å². The zero-order valence-corrected chi connectivity index (χ0v) is 17.9. The molecule has 7 nitrogen and oxygen atoms in total. The maximum absolute atomic E-state index is 12.0. The van der Waals surface area contributed by atoms with Crippen LogP contribution in [0.4, 0.5) is 5.69 Å². The summed E-state index contributed by atoms with van der Waals surface area (Å²) >= 11 is 8.59. The number of aromatic nitrogens is 2. The predicted molar refractivity (Wildman–Crippen MR) is 121 cm³/mol. The van der Waals surface area contributed by atoms with Crippen LogP contribution < -0.4 is 15.4 Å². The number of thiocarbonyl (C=S) groups is 1. The lowest BCUT2D eigenvalue weighted by Crippen LogP contribution is -2.37. The number of nitrogens with zero attached hydrogens (tertiary/aromatic N) is 2. The first-order valence-electron chi connectivity index (χ1n) is 8.87. The number of hydrogen-bond acceptors (Lipinski definition) is 6. The van der Waals surface area contributed by atoms with Gasteiger partial charge in [0.05, 0.1) is 5.56 Å². The Bertz CT molecular complexity index is 1210. The molecule has 2 aromatic carbocycles. The summed E-state index contributed by atoms with van der Waals surface area (Å²) in [4.78, 5) is 20.6. The van der Waals surface area contributed by atoms with E-state index < -0.39 is 0 Å². The van der Waals surface area contributed by atoms with Gasteiger partial charge < -0.3 is 14.5 Å². The van der Waals surface area contributed by atoms with Crippen LogP contribution in [0, 0.1) is 0 Å². The van der Waals surface area contributed by atoms with Crippen LogP contribution in [0.25, 0.3) is 22.6 Å². The first-order valence-corrected chi connectivity index (χ1v) is 10.1. The summed E-state index contributed by atoms with van der Waals surface area (Å²) in [5.74, 6) is 0.715. The van der Waals surface area contributed by atoms with E-state index in [4.69, 9.17) is 21.4 Å². The van der Waals surface area contributed by atoms with Crippen molar-refractivity contribution in [3.8, 4) is 17.2 Å². The minimum absolute atomic E-state index is 0.141. The lowest BCUT2D eigenvalue weighted by atomic mass is 10.3. The van der Waals surface area contributed by atoms with Crippen LogP contribution in [0.1, 0.15) is 0 Å². The summed E-state index contributed by atoms with van der Waals surface area (Å²) in [6, 6.07) is 16.3. The van der Waals surface area contributed by atoms with Gasteiger partial charge in [0, 0.05) is 22.6 Å². The number of ether oxygens (including phenoxy) is 1. The van der Waals surface area contributed by atoms with Crippen LogP contribution >= 0.6 is 28.1 Å². The number of carbonyl (C=O) groups excluding carboxylic acids is 1. The van der Waals surface area contributed by atoms with Crippen LogP contribution in [0.5, 0.6) is 5.75 Å². The van der Waals surface area contributed by atoms with E-state index in [1.807, 2.05) is 24.3 Å². The minimum atomic E-state index is -0.358. The number of amides is 1. The number of rotatable bonds is 5. The molecule has 4 aromatic rings. The van der Waals surface area contributed by atoms with Crippen LogP contribution in [0.3, 0.4) is 0 Å². The normalized spacial score (nSPS) is 10.6. The molecule has 0 radical (unpaired) electrons. The molecule has 9 heteroatoms. The summed E-state index contributed by atoms with van der Waals surface area (Å²) < 4.78 is 12.0. The lowest BCUT2D eigenvalue weighted by molar-refractivity contribution is -0.121. The van der Waals surface area contributed by atoms with Crippen molar-refractivity contribution in [1.82, 2.24) is 15.3 Å². The molecule has 0 aliphatic rings. The zero-order valence-electron chi connectivity index (χ0n) is 15.5. The molecule has 0 bridgehead atoms. The van der Waals surface area contributed by atoms with E-state index >= 15 is 0 Å². The lowest BCUT2D eigenvalue weighted by Gasteiger charge is -2.10. The van der Waals surface area contributed by atoms with Crippen molar-refractivity contribution in [2.45, 2.75) is 0 Å². The third-order valence-corrected chi connectivity index (χ3v) is 4.60. The van der Waals surface area contributed by atoms with Crippen LogP contribution in [-0.2, 0) is 4.79 Å². The molecule has 2 heterocycles. The molecule has 0 saturated carbocycles. The van der Waals surface area contributed by atoms with E-state index in [-0.39, 0.29) is 17.6 Å². The highest BCUT2D eigenvalue weighted by Gasteiger charge is 2.11. The van der Waals surface area contributed by atoms with Crippen LogP contribution in [-0.4, -0.2) is 27.6 Å². The molecule has 4 rings (SSSR count). The molecule has 0 aliphatic carbocycles. The summed E-state index contributed by atoms with van der Waals surface area (Å²) in [6.07, 6.45) is 3.37. The molecular formula is C21H15BrN4O3S. The van der Waals surface area contributed by atoms with E-state index in [1.165, 1.54) is 0 Å². The van der Waals surface area contributed by atoms with Crippen LogP contribution in [0.2, 0.25) is 0 Å². The Morgan fingerprint density at radius 2 is 1.97 bits per heavy atom. The smallest absolute Gasteiger partial charge is 0.264 e. The fourth-order valence-corrected chi connectivity index (χ4v) is 3.24. The number of halogens is 1. The van der Waals surface area contributed by atoms with Gasteiger partial charge in [0.1, 0.15) is 11.3 Å². The Balaban J connectivity index is 1.38. The molecule has 0 spiro atoms. The third kappa shape index (κ3) is 5.00. The standard InChI is InChI=1S/C21H15BrN4O3S/c22-14-8-13(10-23-11-14)20-25-17-9-15(6-7-18(17)29-20)24-21(30)26-19(27)12-28-16-4-2-1-3-5-16/h1-11H,12H2,(H2,24,26,27,30). The molecular weight excluding hydrogens is 468 g/mol. The van der Waals surface area contributed by atoms with Gasteiger partial charge in [0.15, 0.2) is 17.3 Å². The third-order valence-electron chi connectivity index (χ3n) is 3.96. The highest BCUT2D eigenvalue weighted by Crippen LogP contribution is 2.27. The number of pyridine rings is 1. The Kier molecular flexibility index (Phi) is 6.01.